The fourth-order valence-corrected chi connectivity index (χ4v) is 2.28. The molecule has 15 heavy (non-hydrogen) atoms. The van der Waals surface area contributed by atoms with Crippen LogP contribution in [0.1, 0.15) is 23.7 Å². The Bertz CT molecular complexity index is 380. The van der Waals surface area contributed by atoms with Gasteiger partial charge in [0.15, 0.2) is 0 Å². The number of thiophene rings is 1. The maximum absolute atomic E-state index is 9.92. The summed E-state index contributed by atoms with van der Waals surface area (Å²) < 4.78 is 0. The Morgan fingerprint density at radius 1 is 1.13 bits per heavy atom. The predicted octanol–water partition coefficient (Wildman–Crippen LogP) is 3.41. The van der Waals surface area contributed by atoms with E-state index in [1.54, 1.807) is 11.3 Å². The van der Waals surface area contributed by atoms with Crippen LogP contribution in [0.15, 0.2) is 47.2 Å². The second-order valence-electron chi connectivity index (χ2n) is 3.60. The highest BCUT2D eigenvalue weighted by Crippen LogP contribution is 2.19. The normalized spacial score (nSPS) is 12.6. The lowest BCUT2D eigenvalue weighted by atomic mass is 10.0. The minimum atomic E-state index is -0.342. The molecule has 0 aliphatic heterocycles. The second kappa shape index (κ2) is 5.10. The van der Waals surface area contributed by atoms with E-state index in [9.17, 15) is 5.11 Å². The Morgan fingerprint density at radius 2 is 1.93 bits per heavy atom. The number of aryl methyl sites for hydroxylation is 1. The lowest BCUT2D eigenvalue weighted by Crippen LogP contribution is -1.98. The molecule has 2 rings (SSSR count). The molecular weight excluding hydrogens is 204 g/mol. The molecule has 0 radical (unpaired) electrons. The van der Waals surface area contributed by atoms with Gasteiger partial charge in [0, 0.05) is 0 Å². The second-order valence-corrected chi connectivity index (χ2v) is 4.38. The average Bonchev–Trinajstić information content (AvgIpc) is 2.80. The van der Waals surface area contributed by atoms with Crippen LogP contribution in [0.3, 0.4) is 0 Å². The van der Waals surface area contributed by atoms with Gasteiger partial charge in [-0.3, -0.25) is 0 Å². The van der Waals surface area contributed by atoms with E-state index in [-0.39, 0.29) is 6.10 Å². The molecule has 1 aromatic heterocycles. The van der Waals surface area contributed by atoms with Crippen LogP contribution in [-0.4, -0.2) is 5.11 Å². The SMILES string of the molecule is OC(CCc1ccsc1)c1ccccc1. The van der Waals surface area contributed by atoms with Gasteiger partial charge in [-0.05, 0) is 40.8 Å². The largest absolute Gasteiger partial charge is 0.388 e. The van der Waals surface area contributed by atoms with Crippen molar-refractivity contribution in [3.8, 4) is 0 Å². The molecular formula is C13H14OS. The van der Waals surface area contributed by atoms with Crippen LogP contribution in [-0.2, 0) is 6.42 Å². The fourth-order valence-electron chi connectivity index (χ4n) is 1.58. The van der Waals surface area contributed by atoms with Crippen LogP contribution in [0.4, 0.5) is 0 Å². The lowest BCUT2D eigenvalue weighted by molar-refractivity contribution is 0.168. The molecule has 2 aromatic rings. The first-order valence-electron chi connectivity index (χ1n) is 5.10. The van der Waals surface area contributed by atoms with Crippen molar-refractivity contribution in [3.63, 3.8) is 0 Å². The third-order valence-electron chi connectivity index (χ3n) is 2.47. The van der Waals surface area contributed by atoms with E-state index in [0.29, 0.717) is 0 Å². The maximum atomic E-state index is 9.92. The highest BCUT2D eigenvalue weighted by Gasteiger charge is 2.06. The average molecular weight is 218 g/mol. The summed E-state index contributed by atoms with van der Waals surface area (Å²) in [6.45, 7) is 0. The Balaban J connectivity index is 1.90. The zero-order chi connectivity index (χ0) is 10.5. The molecule has 0 saturated heterocycles. The van der Waals surface area contributed by atoms with Gasteiger partial charge in [0.2, 0.25) is 0 Å². The van der Waals surface area contributed by atoms with Gasteiger partial charge in [0.05, 0.1) is 6.10 Å². The molecule has 0 spiro atoms. The Hall–Kier alpha value is -1.12. The summed E-state index contributed by atoms with van der Waals surface area (Å²) >= 11 is 1.71. The van der Waals surface area contributed by atoms with E-state index >= 15 is 0 Å². The molecule has 0 saturated carbocycles. The van der Waals surface area contributed by atoms with Gasteiger partial charge in [-0.1, -0.05) is 30.3 Å². The Morgan fingerprint density at radius 3 is 2.60 bits per heavy atom. The van der Waals surface area contributed by atoms with Crippen molar-refractivity contribution in [2.45, 2.75) is 18.9 Å². The fraction of sp³-hybridized carbons (Fsp3) is 0.231. The molecule has 0 amide bonds. The third kappa shape index (κ3) is 2.91. The van der Waals surface area contributed by atoms with Crippen LogP contribution < -0.4 is 0 Å². The van der Waals surface area contributed by atoms with Gasteiger partial charge in [-0.15, -0.1) is 0 Å². The molecule has 0 fully saturated rings. The summed E-state index contributed by atoms with van der Waals surface area (Å²) in [4.78, 5) is 0. The van der Waals surface area contributed by atoms with Crippen LogP contribution >= 0.6 is 11.3 Å². The standard InChI is InChI=1S/C13H14OS/c14-13(12-4-2-1-3-5-12)7-6-11-8-9-15-10-11/h1-5,8-10,13-14H,6-7H2. The van der Waals surface area contributed by atoms with Crippen molar-refractivity contribution >= 4 is 11.3 Å². The predicted molar refractivity (Wildman–Crippen MR) is 64.0 cm³/mol. The number of hydrogen-bond acceptors (Lipinski definition) is 2. The highest BCUT2D eigenvalue weighted by molar-refractivity contribution is 7.07. The highest BCUT2D eigenvalue weighted by atomic mass is 32.1. The summed E-state index contributed by atoms with van der Waals surface area (Å²) in [6.07, 6.45) is 1.39. The third-order valence-corrected chi connectivity index (χ3v) is 3.20. The molecule has 0 aliphatic carbocycles. The van der Waals surface area contributed by atoms with Gasteiger partial charge in [0.1, 0.15) is 0 Å². The summed E-state index contributed by atoms with van der Waals surface area (Å²) in [7, 11) is 0. The van der Waals surface area contributed by atoms with Crippen molar-refractivity contribution in [3.05, 3.63) is 58.3 Å². The van der Waals surface area contributed by atoms with Gasteiger partial charge < -0.3 is 5.11 Å². The molecule has 1 nitrogen and oxygen atoms in total. The number of aliphatic hydroxyl groups excluding tert-OH is 1. The van der Waals surface area contributed by atoms with E-state index in [4.69, 9.17) is 0 Å². The Kier molecular flexibility index (Phi) is 3.54. The Labute approximate surface area is 94.0 Å². The topological polar surface area (TPSA) is 20.2 Å². The van der Waals surface area contributed by atoms with E-state index in [1.165, 1.54) is 5.56 Å². The first kappa shape index (κ1) is 10.4. The molecule has 78 valence electrons. The zero-order valence-electron chi connectivity index (χ0n) is 8.47. The summed E-state index contributed by atoms with van der Waals surface area (Å²) in [5.41, 5.74) is 2.32. The molecule has 1 unspecified atom stereocenters. The molecule has 1 atom stereocenters. The van der Waals surface area contributed by atoms with Crippen molar-refractivity contribution < 1.29 is 5.11 Å². The number of aliphatic hydroxyl groups is 1. The van der Waals surface area contributed by atoms with Crippen molar-refractivity contribution in [1.82, 2.24) is 0 Å². The molecule has 0 aliphatic rings. The minimum absolute atomic E-state index is 0.342. The minimum Gasteiger partial charge on any atom is -0.388 e. The van der Waals surface area contributed by atoms with Crippen molar-refractivity contribution in [2.75, 3.05) is 0 Å². The zero-order valence-corrected chi connectivity index (χ0v) is 9.28. The number of benzene rings is 1. The number of hydrogen-bond donors (Lipinski definition) is 1. The van der Waals surface area contributed by atoms with Crippen molar-refractivity contribution in [2.24, 2.45) is 0 Å². The number of rotatable bonds is 4. The van der Waals surface area contributed by atoms with Gasteiger partial charge in [0.25, 0.3) is 0 Å². The van der Waals surface area contributed by atoms with Crippen LogP contribution in [0.2, 0.25) is 0 Å². The maximum Gasteiger partial charge on any atom is 0.0793 e. The molecule has 1 N–H and O–H groups in total. The summed E-state index contributed by atoms with van der Waals surface area (Å²) in [5.74, 6) is 0. The van der Waals surface area contributed by atoms with Gasteiger partial charge in [-0.2, -0.15) is 11.3 Å². The first-order valence-corrected chi connectivity index (χ1v) is 6.04. The van der Waals surface area contributed by atoms with Crippen LogP contribution in [0.5, 0.6) is 0 Å². The van der Waals surface area contributed by atoms with Gasteiger partial charge in [-0.25, -0.2) is 0 Å². The van der Waals surface area contributed by atoms with Crippen LogP contribution in [0.25, 0.3) is 0 Å². The summed E-state index contributed by atoms with van der Waals surface area (Å²) in [5, 5.41) is 14.1. The quantitative estimate of drug-likeness (QED) is 0.833. The van der Waals surface area contributed by atoms with Crippen LogP contribution in [0, 0.1) is 0 Å². The van der Waals surface area contributed by atoms with E-state index in [1.807, 2.05) is 30.3 Å². The monoisotopic (exact) mass is 218 g/mol. The van der Waals surface area contributed by atoms with E-state index < -0.39 is 0 Å². The molecule has 0 bridgehead atoms. The van der Waals surface area contributed by atoms with E-state index in [2.05, 4.69) is 16.8 Å². The lowest BCUT2D eigenvalue weighted by Gasteiger charge is -2.09. The smallest absolute Gasteiger partial charge is 0.0793 e. The van der Waals surface area contributed by atoms with Crippen molar-refractivity contribution in [1.29, 1.82) is 0 Å². The van der Waals surface area contributed by atoms with Gasteiger partial charge >= 0.3 is 0 Å². The summed E-state index contributed by atoms with van der Waals surface area (Å²) in [6, 6.07) is 11.9. The molecule has 1 heterocycles. The van der Waals surface area contributed by atoms with E-state index in [0.717, 1.165) is 18.4 Å². The first-order chi connectivity index (χ1) is 7.36. The molecule has 1 aromatic carbocycles. The molecule has 2 heteroatoms.